The van der Waals surface area contributed by atoms with Crippen LogP contribution in [0.2, 0.25) is 0 Å². The van der Waals surface area contributed by atoms with Gasteiger partial charge in [-0.2, -0.15) is 0 Å². The van der Waals surface area contributed by atoms with Gasteiger partial charge < -0.3 is 9.64 Å². The van der Waals surface area contributed by atoms with Crippen LogP contribution in [-0.2, 0) is 14.3 Å². The lowest BCUT2D eigenvalue weighted by Gasteiger charge is -2.60. The molecule has 2 aliphatic heterocycles. The molecule has 4 saturated carbocycles. The summed E-state index contributed by atoms with van der Waals surface area (Å²) in [7, 11) is 0. The molecule has 32 heavy (non-hydrogen) atoms. The first-order valence-electron chi connectivity index (χ1n) is 13.6. The van der Waals surface area contributed by atoms with Gasteiger partial charge in [0.25, 0.3) is 0 Å². The van der Waals surface area contributed by atoms with Crippen molar-refractivity contribution in [2.24, 2.45) is 52.3 Å². The van der Waals surface area contributed by atoms with Gasteiger partial charge in [-0.1, -0.05) is 27.7 Å². The van der Waals surface area contributed by atoms with E-state index in [1.165, 1.54) is 32.1 Å². The summed E-state index contributed by atoms with van der Waals surface area (Å²) in [4.78, 5) is 26.3. The van der Waals surface area contributed by atoms with Crippen LogP contribution in [0.4, 0.5) is 0 Å². The molecule has 6 fully saturated rings. The van der Waals surface area contributed by atoms with Gasteiger partial charge in [-0.3, -0.25) is 9.59 Å². The first kappa shape index (κ1) is 21.6. The van der Waals surface area contributed by atoms with Crippen molar-refractivity contribution >= 4 is 12.2 Å². The van der Waals surface area contributed by atoms with Gasteiger partial charge in [0.1, 0.15) is 11.5 Å². The maximum absolute atomic E-state index is 12.2. The number of ether oxygens (including phenoxy) is 1. The predicted molar refractivity (Wildman–Crippen MR) is 124 cm³/mol. The number of hydrogen-bond acceptors (Lipinski definition) is 3. The minimum Gasteiger partial charge on any atom is -0.352 e. The van der Waals surface area contributed by atoms with Gasteiger partial charge in [0.05, 0.1) is 6.10 Å². The highest BCUT2D eigenvalue weighted by atomic mass is 16.5. The number of amides is 1. The second kappa shape index (κ2) is 7.06. The lowest BCUT2D eigenvalue weighted by Crippen LogP contribution is -2.58. The zero-order valence-corrected chi connectivity index (χ0v) is 20.6. The van der Waals surface area contributed by atoms with E-state index in [1.807, 2.05) is 4.90 Å². The summed E-state index contributed by atoms with van der Waals surface area (Å²) in [6.07, 6.45) is 12.7. The summed E-state index contributed by atoms with van der Waals surface area (Å²) >= 11 is 0. The predicted octanol–water partition coefficient (Wildman–Crippen LogP) is 5.44. The fourth-order valence-electron chi connectivity index (χ4n) is 10.7. The van der Waals surface area contributed by atoms with Crippen LogP contribution in [0.25, 0.3) is 0 Å². The molecule has 178 valence electrons. The van der Waals surface area contributed by atoms with Gasteiger partial charge in [-0.05, 0) is 97.7 Å². The molecule has 4 nitrogen and oxygen atoms in total. The van der Waals surface area contributed by atoms with Crippen LogP contribution in [-0.4, -0.2) is 35.5 Å². The standard InChI is InChI=1S/C28H43NO3/c1-17-7-12-28(29(15-17)16-30)18(2)25-24(32-28)14-23-21-6-5-19-13-20(31)8-10-26(19,3)22(21)9-11-27(23,25)4/h16-19,21-25H,5-15H2,1-4H3/t17-,18-,19?,21?,22?,23?,24?,25?,26-,27-,28-/m0/s1. The Morgan fingerprint density at radius 3 is 2.59 bits per heavy atom. The molecule has 1 amide bonds. The molecule has 2 heterocycles. The molecule has 4 aliphatic carbocycles. The summed E-state index contributed by atoms with van der Waals surface area (Å²) < 4.78 is 7.01. The van der Waals surface area contributed by atoms with Gasteiger partial charge in [0.15, 0.2) is 0 Å². The molecule has 0 aromatic rings. The molecule has 6 rings (SSSR count). The van der Waals surface area contributed by atoms with E-state index < -0.39 is 0 Å². The summed E-state index contributed by atoms with van der Waals surface area (Å²) in [5.41, 5.74) is 0.346. The number of fused-ring (bicyclic) bond motifs is 7. The quantitative estimate of drug-likeness (QED) is 0.509. The third-order valence-corrected chi connectivity index (χ3v) is 12.3. The van der Waals surface area contributed by atoms with Crippen LogP contribution >= 0.6 is 0 Å². The minimum atomic E-state index is -0.359. The molecular formula is C28H43NO3. The largest absolute Gasteiger partial charge is 0.352 e. The average molecular weight is 442 g/mol. The highest BCUT2D eigenvalue weighted by molar-refractivity contribution is 5.79. The molecule has 0 aromatic carbocycles. The second-order valence-corrected chi connectivity index (χ2v) is 13.4. The molecule has 4 heteroatoms. The number of hydrogen-bond donors (Lipinski definition) is 0. The Balaban J connectivity index is 1.28. The van der Waals surface area contributed by atoms with Gasteiger partial charge in [0.2, 0.25) is 6.41 Å². The Labute approximate surface area is 194 Å². The van der Waals surface area contributed by atoms with Crippen molar-refractivity contribution in [2.75, 3.05) is 6.54 Å². The Kier molecular flexibility index (Phi) is 4.77. The van der Waals surface area contributed by atoms with E-state index >= 15 is 0 Å². The van der Waals surface area contributed by atoms with E-state index in [0.717, 1.165) is 62.8 Å². The average Bonchev–Trinajstić information content (AvgIpc) is 3.21. The Hall–Kier alpha value is -0.900. The summed E-state index contributed by atoms with van der Waals surface area (Å²) in [5.74, 6) is 5.03. The monoisotopic (exact) mass is 441 g/mol. The zero-order valence-electron chi connectivity index (χ0n) is 20.6. The van der Waals surface area contributed by atoms with Crippen LogP contribution in [0.5, 0.6) is 0 Å². The van der Waals surface area contributed by atoms with Crippen molar-refractivity contribution in [1.82, 2.24) is 4.90 Å². The van der Waals surface area contributed by atoms with Crippen LogP contribution in [0.15, 0.2) is 0 Å². The van der Waals surface area contributed by atoms with Gasteiger partial charge in [-0.15, -0.1) is 0 Å². The lowest BCUT2D eigenvalue weighted by atomic mass is 9.44. The smallest absolute Gasteiger partial charge is 0.211 e. The number of rotatable bonds is 1. The minimum absolute atomic E-state index is 0.313. The topological polar surface area (TPSA) is 46.6 Å². The van der Waals surface area contributed by atoms with E-state index in [-0.39, 0.29) is 5.72 Å². The number of nitrogens with zero attached hydrogens (tertiary/aromatic N) is 1. The van der Waals surface area contributed by atoms with Crippen molar-refractivity contribution in [1.29, 1.82) is 0 Å². The maximum Gasteiger partial charge on any atom is 0.211 e. The summed E-state index contributed by atoms with van der Waals surface area (Å²) in [5, 5.41) is 0. The van der Waals surface area contributed by atoms with E-state index in [9.17, 15) is 9.59 Å². The third kappa shape index (κ3) is 2.65. The third-order valence-electron chi connectivity index (χ3n) is 12.3. The van der Waals surface area contributed by atoms with Crippen molar-refractivity contribution in [2.45, 2.75) is 104 Å². The van der Waals surface area contributed by atoms with E-state index in [4.69, 9.17) is 4.74 Å². The Bertz CT molecular complexity index is 812. The number of carbonyl (C=O) groups is 2. The molecular weight excluding hydrogens is 398 g/mol. The van der Waals surface area contributed by atoms with Crippen LogP contribution in [0, 0.1) is 52.3 Å². The first-order valence-corrected chi connectivity index (χ1v) is 13.6. The number of ketones is 1. The molecule has 0 N–H and O–H groups in total. The van der Waals surface area contributed by atoms with E-state index in [1.54, 1.807) is 0 Å². The molecule has 6 aliphatic rings. The normalized spacial score (nSPS) is 57.0. The van der Waals surface area contributed by atoms with Gasteiger partial charge in [0, 0.05) is 25.3 Å². The zero-order chi connectivity index (χ0) is 22.5. The fraction of sp³-hybridized carbons (Fsp3) is 0.929. The Morgan fingerprint density at radius 2 is 1.81 bits per heavy atom. The molecule has 0 radical (unpaired) electrons. The van der Waals surface area contributed by atoms with E-state index in [0.29, 0.717) is 46.4 Å². The highest BCUT2D eigenvalue weighted by Crippen LogP contribution is 2.71. The molecule has 11 atom stereocenters. The van der Waals surface area contributed by atoms with Crippen molar-refractivity contribution in [3.8, 4) is 0 Å². The fourth-order valence-corrected chi connectivity index (χ4v) is 10.7. The number of Topliss-reactive ketones (excluding diaryl/α,β-unsaturated/α-hetero) is 1. The van der Waals surface area contributed by atoms with Crippen molar-refractivity contribution < 1.29 is 14.3 Å². The van der Waals surface area contributed by atoms with Gasteiger partial charge in [-0.25, -0.2) is 0 Å². The Morgan fingerprint density at radius 1 is 1.00 bits per heavy atom. The number of likely N-dealkylation sites (tertiary alicyclic amines) is 1. The number of carbonyl (C=O) groups excluding carboxylic acids is 2. The van der Waals surface area contributed by atoms with Crippen LogP contribution in [0.1, 0.15) is 91.9 Å². The second-order valence-electron chi connectivity index (χ2n) is 13.4. The van der Waals surface area contributed by atoms with Crippen LogP contribution < -0.4 is 0 Å². The van der Waals surface area contributed by atoms with Gasteiger partial charge >= 0.3 is 0 Å². The highest BCUT2D eigenvalue weighted by Gasteiger charge is 2.69. The maximum atomic E-state index is 12.2. The number of piperidine rings is 1. The SMILES string of the molecule is C[C@H]1CC[C@@]2(OC3CC4C5CCC6CC(=O)CC[C@]6(C)C5CC[C@]4(C)C3[C@@H]2C)N(C=O)C1. The van der Waals surface area contributed by atoms with E-state index in [2.05, 4.69) is 27.7 Å². The van der Waals surface area contributed by atoms with Crippen molar-refractivity contribution in [3.05, 3.63) is 0 Å². The summed E-state index contributed by atoms with van der Waals surface area (Å²) in [6.45, 7) is 10.6. The molecule has 1 spiro atoms. The molecule has 2 saturated heterocycles. The first-order chi connectivity index (χ1) is 15.2. The lowest BCUT2D eigenvalue weighted by molar-refractivity contribution is -0.194. The molecule has 6 unspecified atom stereocenters. The molecule has 0 aromatic heterocycles. The summed E-state index contributed by atoms with van der Waals surface area (Å²) in [6, 6.07) is 0. The van der Waals surface area contributed by atoms with Crippen LogP contribution in [0.3, 0.4) is 0 Å². The molecule has 0 bridgehead atoms. The van der Waals surface area contributed by atoms with Crippen molar-refractivity contribution in [3.63, 3.8) is 0 Å².